The first-order chi connectivity index (χ1) is 8.65. The molecule has 5 nitrogen and oxygen atoms in total. The van der Waals surface area contributed by atoms with Gasteiger partial charge in [-0.3, -0.25) is 9.59 Å². The number of nitrogens with zero attached hydrogens (tertiary/aromatic N) is 1. The fourth-order valence-corrected chi connectivity index (χ4v) is 2.01. The van der Waals surface area contributed by atoms with Crippen LogP contribution in [0.2, 0.25) is 0 Å². The molecule has 3 N–H and O–H groups in total. The van der Waals surface area contributed by atoms with Crippen molar-refractivity contribution >= 4 is 17.5 Å². The highest BCUT2D eigenvalue weighted by Crippen LogP contribution is 2.09. The molecule has 0 radical (unpaired) electrons. The molecule has 0 spiro atoms. The lowest BCUT2D eigenvalue weighted by atomic mass is 10.1. The molecule has 1 saturated heterocycles. The van der Waals surface area contributed by atoms with Crippen molar-refractivity contribution in [3.8, 4) is 0 Å². The number of nitrogens with two attached hydrogens (primary N) is 1. The Kier molecular flexibility index (Phi) is 3.82. The fraction of sp³-hybridized carbons (Fsp3) is 0.385. The first-order valence-corrected chi connectivity index (χ1v) is 6.04. The zero-order valence-electron chi connectivity index (χ0n) is 10.2. The number of carbonyl (C=O) groups excluding carboxylic acids is 2. The van der Waals surface area contributed by atoms with Crippen molar-refractivity contribution in [1.29, 1.82) is 0 Å². The van der Waals surface area contributed by atoms with Gasteiger partial charge >= 0.3 is 0 Å². The highest BCUT2D eigenvalue weighted by atomic mass is 16.2. The maximum atomic E-state index is 12.1. The van der Waals surface area contributed by atoms with E-state index in [1.54, 1.807) is 17.0 Å². The van der Waals surface area contributed by atoms with E-state index >= 15 is 0 Å². The summed E-state index contributed by atoms with van der Waals surface area (Å²) in [6, 6.07) is 7.27. The Hall–Kier alpha value is -2.04. The molecule has 1 fully saturated rings. The van der Waals surface area contributed by atoms with Crippen LogP contribution < -0.4 is 11.1 Å². The predicted octanol–water partition coefficient (Wildman–Crippen LogP) is 0.160. The lowest BCUT2D eigenvalue weighted by molar-refractivity contribution is -0.134. The van der Waals surface area contributed by atoms with Gasteiger partial charge in [0.15, 0.2) is 0 Å². The van der Waals surface area contributed by atoms with Gasteiger partial charge in [0, 0.05) is 18.8 Å². The molecule has 0 saturated carbocycles. The number of anilines is 1. The molecule has 0 unspecified atom stereocenters. The van der Waals surface area contributed by atoms with Gasteiger partial charge in [0.1, 0.15) is 0 Å². The van der Waals surface area contributed by atoms with Crippen LogP contribution >= 0.6 is 0 Å². The van der Waals surface area contributed by atoms with E-state index in [2.05, 4.69) is 5.32 Å². The Morgan fingerprint density at radius 3 is 3.06 bits per heavy atom. The number of hydrogen-bond acceptors (Lipinski definition) is 3. The van der Waals surface area contributed by atoms with Crippen molar-refractivity contribution in [2.45, 2.75) is 12.8 Å². The molecule has 5 heteroatoms. The maximum absolute atomic E-state index is 12.1. The number of amides is 2. The topological polar surface area (TPSA) is 75.4 Å². The molecule has 18 heavy (non-hydrogen) atoms. The van der Waals surface area contributed by atoms with Crippen LogP contribution in [0.1, 0.15) is 12.0 Å². The van der Waals surface area contributed by atoms with Gasteiger partial charge in [-0.1, -0.05) is 12.1 Å². The minimum atomic E-state index is -0.0894. The molecule has 0 bridgehead atoms. The Balaban J connectivity index is 2.00. The van der Waals surface area contributed by atoms with E-state index in [1.807, 2.05) is 12.1 Å². The molecule has 0 atom stereocenters. The van der Waals surface area contributed by atoms with Crippen LogP contribution in [0.4, 0.5) is 5.69 Å². The third-order valence-corrected chi connectivity index (χ3v) is 2.92. The van der Waals surface area contributed by atoms with E-state index in [0.717, 1.165) is 12.0 Å². The standard InChI is InChI=1S/C13H17N3O2/c14-11-4-1-3-10(7-11)8-13(18)16-6-2-5-15-12(17)9-16/h1,3-4,7H,2,5-6,8-9,14H2,(H,15,17). The maximum Gasteiger partial charge on any atom is 0.239 e. The molecule has 0 aromatic heterocycles. The van der Waals surface area contributed by atoms with Gasteiger partial charge < -0.3 is 16.0 Å². The quantitative estimate of drug-likeness (QED) is 0.731. The molecule has 0 aliphatic carbocycles. The van der Waals surface area contributed by atoms with Crippen molar-refractivity contribution in [1.82, 2.24) is 10.2 Å². The predicted molar refractivity (Wildman–Crippen MR) is 68.8 cm³/mol. The second-order valence-electron chi connectivity index (χ2n) is 4.44. The molecule has 1 aromatic carbocycles. The van der Waals surface area contributed by atoms with Crippen LogP contribution in [-0.4, -0.2) is 36.3 Å². The van der Waals surface area contributed by atoms with Crippen molar-refractivity contribution in [2.75, 3.05) is 25.4 Å². The van der Waals surface area contributed by atoms with Gasteiger partial charge in [-0.25, -0.2) is 0 Å². The van der Waals surface area contributed by atoms with E-state index in [9.17, 15) is 9.59 Å². The zero-order valence-corrected chi connectivity index (χ0v) is 10.2. The van der Waals surface area contributed by atoms with Gasteiger partial charge in [-0.15, -0.1) is 0 Å². The van der Waals surface area contributed by atoms with E-state index in [0.29, 0.717) is 18.8 Å². The number of nitrogen functional groups attached to an aromatic ring is 1. The minimum absolute atomic E-state index is 0.0300. The van der Waals surface area contributed by atoms with Gasteiger partial charge in [0.2, 0.25) is 11.8 Å². The van der Waals surface area contributed by atoms with E-state index in [1.165, 1.54) is 0 Å². The highest BCUT2D eigenvalue weighted by molar-refractivity contribution is 5.86. The van der Waals surface area contributed by atoms with Crippen molar-refractivity contribution in [3.63, 3.8) is 0 Å². The van der Waals surface area contributed by atoms with E-state index in [4.69, 9.17) is 5.73 Å². The smallest absolute Gasteiger partial charge is 0.239 e. The molecule has 1 aliphatic heterocycles. The van der Waals surface area contributed by atoms with Crippen molar-refractivity contribution < 1.29 is 9.59 Å². The van der Waals surface area contributed by atoms with Gasteiger partial charge in [0.05, 0.1) is 13.0 Å². The summed E-state index contributed by atoms with van der Waals surface area (Å²) in [7, 11) is 0. The highest BCUT2D eigenvalue weighted by Gasteiger charge is 2.19. The summed E-state index contributed by atoms with van der Waals surface area (Å²) in [5, 5.41) is 2.75. The molecule has 2 rings (SSSR count). The largest absolute Gasteiger partial charge is 0.399 e. The van der Waals surface area contributed by atoms with Crippen LogP contribution in [0.25, 0.3) is 0 Å². The number of benzene rings is 1. The first kappa shape index (κ1) is 12.4. The number of hydrogen-bond donors (Lipinski definition) is 2. The Bertz CT molecular complexity index is 459. The Labute approximate surface area is 106 Å². The Morgan fingerprint density at radius 2 is 2.28 bits per heavy atom. The molecule has 1 aromatic rings. The summed E-state index contributed by atoms with van der Waals surface area (Å²) in [6.07, 6.45) is 1.09. The monoisotopic (exact) mass is 247 g/mol. The van der Waals surface area contributed by atoms with Crippen LogP contribution in [0, 0.1) is 0 Å². The molecule has 1 aliphatic rings. The summed E-state index contributed by atoms with van der Waals surface area (Å²) in [5.41, 5.74) is 7.20. The normalized spacial score (nSPS) is 16.0. The second kappa shape index (κ2) is 5.53. The van der Waals surface area contributed by atoms with Gasteiger partial charge in [-0.05, 0) is 24.1 Å². The van der Waals surface area contributed by atoms with Crippen molar-refractivity contribution in [3.05, 3.63) is 29.8 Å². The summed E-state index contributed by atoms with van der Waals surface area (Å²) >= 11 is 0. The number of rotatable bonds is 2. The molecule has 96 valence electrons. The van der Waals surface area contributed by atoms with E-state index in [-0.39, 0.29) is 24.8 Å². The van der Waals surface area contributed by atoms with Crippen LogP contribution in [-0.2, 0) is 16.0 Å². The summed E-state index contributed by atoms with van der Waals surface area (Å²) in [5.74, 6) is -0.119. The van der Waals surface area contributed by atoms with Crippen LogP contribution in [0.15, 0.2) is 24.3 Å². The minimum Gasteiger partial charge on any atom is -0.399 e. The lowest BCUT2D eigenvalue weighted by Gasteiger charge is -2.19. The molecular weight excluding hydrogens is 230 g/mol. The van der Waals surface area contributed by atoms with Crippen LogP contribution in [0.5, 0.6) is 0 Å². The van der Waals surface area contributed by atoms with E-state index < -0.39 is 0 Å². The SMILES string of the molecule is Nc1cccc(CC(=O)N2CCCNC(=O)C2)c1. The second-order valence-corrected chi connectivity index (χ2v) is 4.44. The summed E-state index contributed by atoms with van der Waals surface area (Å²) in [4.78, 5) is 25.1. The average molecular weight is 247 g/mol. The summed E-state index contributed by atoms with van der Waals surface area (Å²) < 4.78 is 0. The average Bonchev–Trinajstić information content (AvgIpc) is 2.54. The zero-order chi connectivity index (χ0) is 13.0. The molecule has 2 amide bonds. The molecule has 1 heterocycles. The third kappa shape index (κ3) is 3.23. The number of nitrogens with one attached hydrogen (secondary N) is 1. The fourth-order valence-electron chi connectivity index (χ4n) is 2.01. The lowest BCUT2D eigenvalue weighted by Crippen LogP contribution is -2.38. The Morgan fingerprint density at radius 1 is 1.44 bits per heavy atom. The first-order valence-electron chi connectivity index (χ1n) is 6.04. The summed E-state index contributed by atoms with van der Waals surface area (Å²) in [6.45, 7) is 1.42. The molecular formula is C13H17N3O2. The van der Waals surface area contributed by atoms with Gasteiger partial charge in [0.25, 0.3) is 0 Å². The van der Waals surface area contributed by atoms with Crippen molar-refractivity contribution in [2.24, 2.45) is 0 Å². The third-order valence-electron chi connectivity index (χ3n) is 2.92. The van der Waals surface area contributed by atoms with Gasteiger partial charge in [-0.2, -0.15) is 0 Å². The van der Waals surface area contributed by atoms with Crippen LogP contribution in [0.3, 0.4) is 0 Å². The number of carbonyl (C=O) groups is 2.